The van der Waals surface area contributed by atoms with E-state index in [0.29, 0.717) is 23.0 Å². The third kappa shape index (κ3) is 5.24. The Bertz CT molecular complexity index is 454. The Balaban J connectivity index is 0.00000116. The first kappa shape index (κ1) is 18.3. The van der Waals surface area contributed by atoms with Crippen LogP contribution in [0.25, 0.3) is 0 Å². The predicted octanol–water partition coefficient (Wildman–Crippen LogP) is 4.04. The van der Waals surface area contributed by atoms with Gasteiger partial charge in [0.1, 0.15) is 0 Å². The lowest BCUT2D eigenvalue weighted by Crippen LogP contribution is -2.30. The van der Waals surface area contributed by atoms with E-state index in [1.54, 1.807) is 32.4 Å². The molecular formula is C18H29NO3. The van der Waals surface area contributed by atoms with Gasteiger partial charge in [-0.2, -0.15) is 0 Å². The van der Waals surface area contributed by atoms with Crippen LogP contribution >= 0.6 is 0 Å². The molecule has 124 valence electrons. The zero-order chi connectivity index (χ0) is 16.4. The van der Waals surface area contributed by atoms with Crippen LogP contribution in [0.2, 0.25) is 0 Å². The number of hydrogen-bond acceptors (Lipinski definition) is 3. The molecule has 0 bridgehead atoms. The highest BCUT2D eigenvalue weighted by molar-refractivity contribution is 5.94. The van der Waals surface area contributed by atoms with E-state index in [-0.39, 0.29) is 5.91 Å². The average molecular weight is 307 g/mol. The van der Waals surface area contributed by atoms with Gasteiger partial charge < -0.3 is 14.8 Å². The van der Waals surface area contributed by atoms with E-state index in [2.05, 4.69) is 5.32 Å². The van der Waals surface area contributed by atoms with Gasteiger partial charge in [-0.15, -0.1) is 0 Å². The summed E-state index contributed by atoms with van der Waals surface area (Å²) < 4.78 is 10.4. The molecule has 1 aliphatic carbocycles. The number of carbonyl (C=O) groups is 1. The second kappa shape index (κ2) is 10.1. The van der Waals surface area contributed by atoms with Gasteiger partial charge in [-0.3, -0.25) is 4.79 Å². The summed E-state index contributed by atoms with van der Waals surface area (Å²) in [6.45, 7) is 4.77. The third-order valence-electron chi connectivity index (χ3n) is 3.92. The second-order valence-corrected chi connectivity index (χ2v) is 5.28. The van der Waals surface area contributed by atoms with Gasteiger partial charge in [0.05, 0.1) is 14.2 Å². The highest BCUT2D eigenvalue weighted by Crippen LogP contribution is 2.27. The number of carbonyl (C=O) groups excluding carboxylic acids is 1. The number of nitrogens with one attached hydrogen (secondary N) is 1. The van der Waals surface area contributed by atoms with Crippen LogP contribution in [0.15, 0.2) is 18.2 Å². The summed E-state index contributed by atoms with van der Waals surface area (Å²) in [5.74, 6) is 1.80. The van der Waals surface area contributed by atoms with E-state index in [4.69, 9.17) is 9.47 Å². The molecule has 0 radical (unpaired) electrons. The zero-order valence-corrected chi connectivity index (χ0v) is 14.3. The summed E-state index contributed by atoms with van der Waals surface area (Å²) in [7, 11) is 3.15. The SMILES string of the molecule is CC.COc1ccc(C(=O)NCC2CCCCC2)cc1OC. The van der Waals surface area contributed by atoms with Crippen molar-refractivity contribution in [3.05, 3.63) is 23.8 Å². The topological polar surface area (TPSA) is 47.6 Å². The van der Waals surface area contributed by atoms with Crippen LogP contribution < -0.4 is 14.8 Å². The van der Waals surface area contributed by atoms with Gasteiger partial charge in [0.25, 0.3) is 5.91 Å². The van der Waals surface area contributed by atoms with Crippen LogP contribution in [-0.4, -0.2) is 26.7 Å². The van der Waals surface area contributed by atoms with E-state index in [1.165, 1.54) is 32.1 Å². The maximum Gasteiger partial charge on any atom is 0.251 e. The molecule has 1 aromatic carbocycles. The number of amides is 1. The van der Waals surface area contributed by atoms with Gasteiger partial charge in [-0.05, 0) is 37.0 Å². The summed E-state index contributed by atoms with van der Waals surface area (Å²) in [6, 6.07) is 5.24. The Morgan fingerprint density at radius 3 is 2.32 bits per heavy atom. The first-order valence-corrected chi connectivity index (χ1v) is 8.25. The van der Waals surface area contributed by atoms with Gasteiger partial charge in [-0.25, -0.2) is 0 Å². The number of hydrogen-bond donors (Lipinski definition) is 1. The molecule has 1 saturated carbocycles. The lowest BCUT2D eigenvalue weighted by atomic mass is 9.89. The minimum absolute atomic E-state index is 0.0449. The summed E-state index contributed by atoms with van der Waals surface area (Å²) in [5.41, 5.74) is 0.610. The van der Waals surface area contributed by atoms with Crippen LogP contribution in [0.5, 0.6) is 11.5 Å². The number of benzene rings is 1. The molecule has 0 aromatic heterocycles. The van der Waals surface area contributed by atoms with Crippen molar-refractivity contribution in [1.29, 1.82) is 0 Å². The molecule has 0 saturated heterocycles. The summed E-state index contributed by atoms with van der Waals surface area (Å²) >= 11 is 0. The van der Waals surface area contributed by atoms with Crippen LogP contribution in [0.4, 0.5) is 0 Å². The van der Waals surface area contributed by atoms with E-state index < -0.39 is 0 Å². The molecule has 0 heterocycles. The molecule has 2 rings (SSSR count). The molecule has 1 N–H and O–H groups in total. The van der Waals surface area contributed by atoms with Crippen LogP contribution in [0.1, 0.15) is 56.3 Å². The van der Waals surface area contributed by atoms with Gasteiger partial charge in [0.2, 0.25) is 0 Å². The third-order valence-corrected chi connectivity index (χ3v) is 3.92. The minimum atomic E-state index is -0.0449. The van der Waals surface area contributed by atoms with Crippen molar-refractivity contribution < 1.29 is 14.3 Å². The highest BCUT2D eigenvalue weighted by Gasteiger charge is 2.15. The van der Waals surface area contributed by atoms with Gasteiger partial charge in [0, 0.05) is 12.1 Å². The Kier molecular flexibility index (Phi) is 8.41. The first-order valence-electron chi connectivity index (χ1n) is 8.25. The fraction of sp³-hybridized carbons (Fsp3) is 0.611. The maximum absolute atomic E-state index is 12.1. The zero-order valence-electron chi connectivity index (χ0n) is 14.3. The summed E-state index contributed by atoms with van der Waals surface area (Å²) in [4.78, 5) is 12.1. The van der Waals surface area contributed by atoms with E-state index >= 15 is 0 Å². The lowest BCUT2D eigenvalue weighted by molar-refractivity contribution is 0.0943. The molecule has 0 spiro atoms. The summed E-state index contributed by atoms with van der Waals surface area (Å²) in [6.07, 6.45) is 6.37. The standard InChI is InChI=1S/C16H23NO3.C2H6/c1-19-14-9-8-13(10-15(14)20-2)16(18)17-11-12-6-4-3-5-7-12;1-2/h8-10,12H,3-7,11H2,1-2H3,(H,17,18);1-2H3. The Hall–Kier alpha value is -1.71. The quantitative estimate of drug-likeness (QED) is 0.893. The molecule has 1 aliphatic rings. The van der Waals surface area contributed by atoms with Crippen LogP contribution in [-0.2, 0) is 0 Å². The van der Waals surface area contributed by atoms with Crippen molar-refractivity contribution in [2.45, 2.75) is 46.0 Å². The molecule has 0 atom stereocenters. The van der Waals surface area contributed by atoms with Crippen molar-refractivity contribution >= 4 is 5.91 Å². The predicted molar refractivity (Wildman–Crippen MR) is 89.8 cm³/mol. The number of methoxy groups -OCH3 is 2. The Morgan fingerprint density at radius 2 is 1.73 bits per heavy atom. The highest BCUT2D eigenvalue weighted by atomic mass is 16.5. The van der Waals surface area contributed by atoms with Gasteiger partial charge in [0.15, 0.2) is 11.5 Å². The summed E-state index contributed by atoms with van der Waals surface area (Å²) in [5, 5.41) is 3.02. The Labute approximate surface area is 134 Å². The van der Waals surface area contributed by atoms with Crippen molar-refractivity contribution in [2.75, 3.05) is 20.8 Å². The van der Waals surface area contributed by atoms with Crippen LogP contribution in [0, 0.1) is 5.92 Å². The van der Waals surface area contributed by atoms with E-state index in [0.717, 1.165) is 6.54 Å². The lowest BCUT2D eigenvalue weighted by Gasteiger charge is -2.21. The van der Waals surface area contributed by atoms with Crippen molar-refractivity contribution in [3.63, 3.8) is 0 Å². The Morgan fingerprint density at radius 1 is 1.09 bits per heavy atom. The second-order valence-electron chi connectivity index (χ2n) is 5.28. The van der Waals surface area contributed by atoms with E-state index in [9.17, 15) is 4.79 Å². The average Bonchev–Trinajstić information content (AvgIpc) is 2.61. The molecule has 0 aliphatic heterocycles. The normalized spacial score (nSPS) is 14.5. The number of ether oxygens (including phenoxy) is 2. The maximum atomic E-state index is 12.1. The monoisotopic (exact) mass is 307 g/mol. The molecule has 0 unspecified atom stereocenters. The first-order chi connectivity index (χ1) is 10.7. The molecular weight excluding hydrogens is 278 g/mol. The molecule has 22 heavy (non-hydrogen) atoms. The van der Waals surface area contributed by atoms with Gasteiger partial charge in [-0.1, -0.05) is 33.1 Å². The van der Waals surface area contributed by atoms with Gasteiger partial charge >= 0.3 is 0 Å². The molecule has 1 fully saturated rings. The van der Waals surface area contributed by atoms with Crippen molar-refractivity contribution in [1.82, 2.24) is 5.32 Å². The molecule has 4 heteroatoms. The largest absolute Gasteiger partial charge is 0.493 e. The molecule has 1 amide bonds. The molecule has 4 nitrogen and oxygen atoms in total. The van der Waals surface area contributed by atoms with Crippen molar-refractivity contribution in [2.24, 2.45) is 5.92 Å². The smallest absolute Gasteiger partial charge is 0.251 e. The van der Waals surface area contributed by atoms with E-state index in [1.807, 2.05) is 13.8 Å². The van der Waals surface area contributed by atoms with Crippen LogP contribution in [0.3, 0.4) is 0 Å². The molecule has 1 aromatic rings. The fourth-order valence-corrected chi connectivity index (χ4v) is 2.71. The number of rotatable bonds is 5. The minimum Gasteiger partial charge on any atom is -0.493 e. The fourth-order valence-electron chi connectivity index (χ4n) is 2.71. The van der Waals surface area contributed by atoms with Crippen molar-refractivity contribution in [3.8, 4) is 11.5 Å².